The molecule has 2 aromatic rings. The van der Waals surface area contributed by atoms with Crippen molar-refractivity contribution >= 4 is 32.4 Å². The van der Waals surface area contributed by atoms with Gasteiger partial charge in [0.05, 0.1) is 23.2 Å². The van der Waals surface area contributed by atoms with E-state index in [9.17, 15) is 13.2 Å². The molecule has 1 aromatic carbocycles. The van der Waals surface area contributed by atoms with Crippen molar-refractivity contribution in [1.82, 2.24) is 9.29 Å². The predicted octanol–water partition coefficient (Wildman–Crippen LogP) is 3.19. The Bertz CT molecular complexity index is 972. The normalized spacial score (nSPS) is 17.1. The zero-order valence-electron chi connectivity index (χ0n) is 17.2. The van der Waals surface area contributed by atoms with E-state index in [0.29, 0.717) is 22.9 Å². The third-order valence-corrected chi connectivity index (χ3v) is 7.81. The second-order valence-electron chi connectivity index (χ2n) is 7.50. The van der Waals surface area contributed by atoms with Gasteiger partial charge in [0.2, 0.25) is 15.9 Å². The fourth-order valence-electron chi connectivity index (χ4n) is 3.70. The Labute approximate surface area is 176 Å². The molecule has 1 saturated heterocycles. The van der Waals surface area contributed by atoms with Gasteiger partial charge in [0.1, 0.15) is 0 Å². The van der Waals surface area contributed by atoms with Crippen molar-refractivity contribution in [1.29, 1.82) is 0 Å². The van der Waals surface area contributed by atoms with E-state index in [0.717, 1.165) is 24.1 Å². The van der Waals surface area contributed by atoms with Crippen LogP contribution >= 0.6 is 11.3 Å². The number of nitrogens with zero attached hydrogens (tertiary/aromatic N) is 2. The van der Waals surface area contributed by atoms with E-state index in [2.05, 4.69) is 10.3 Å². The summed E-state index contributed by atoms with van der Waals surface area (Å²) in [6.07, 6.45) is 1.47. The van der Waals surface area contributed by atoms with Crippen molar-refractivity contribution in [2.24, 2.45) is 0 Å². The van der Waals surface area contributed by atoms with Crippen LogP contribution in [0.25, 0.3) is 0 Å². The van der Waals surface area contributed by atoms with Crippen LogP contribution in [0.4, 0.5) is 5.13 Å². The van der Waals surface area contributed by atoms with E-state index in [1.165, 1.54) is 15.6 Å². The van der Waals surface area contributed by atoms with Gasteiger partial charge in [0.15, 0.2) is 5.13 Å². The van der Waals surface area contributed by atoms with E-state index >= 15 is 0 Å². The van der Waals surface area contributed by atoms with E-state index in [1.807, 2.05) is 31.4 Å². The van der Waals surface area contributed by atoms with Crippen molar-refractivity contribution in [3.63, 3.8) is 0 Å². The molecule has 1 fully saturated rings. The maximum atomic E-state index is 13.5. The summed E-state index contributed by atoms with van der Waals surface area (Å²) < 4.78 is 34.0. The molecule has 0 saturated carbocycles. The van der Waals surface area contributed by atoms with Crippen LogP contribution in [-0.2, 0) is 19.6 Å². The molecule has 0 radical (unpaired) electrons. The maximum Gasteiger partial charge on any atom is 0.244 e. The topological polar surface area (TPSA) is 88.6 Å². The number of carbonyl (C=O) groups is 1. The van der Waals surface area contributed by atoms with Crippen LogP contribution in [0.15, 0.2) is 22.4 Å². The smallest absolute Gasteiger partial charge is 0.244 e. The summed E-state index contributed by atoms with van der Waals surface area (Å²) >= 11 is 1.31. The van der Waals surface area contributed by atoms with Gasteiger partial charge in [-0.1, -0.05) is 17.7 Å². The Hall–Kier alpha value is -1.81. The Kier molecular flexibility index (Phi) is 6.72. The molecule has 0 aliphatic carbocycles. The SMILES string of the molecule is Cc1cc(C)c(S(=O)(=O)N(CC(=O)Nc2nc(C)cs2)CC2CCCO2)c(C)c1. The molecule has 1 N–H and O–H groups in total. The first-order chi connectivity index (χ1) is 13.7. The van der Waals surface area contributed by atoms with Gasteiger partial charge in [-0.05, 0) is 51.7 Å². The minimum absolute atomic E-state index is 0.152. The van der Waals surface area contributed by atoms with Crippen LogP contribution in [0.1, 0.15) is 35.2 Å². The number of hydrogen-bond donors (Lipinski definition) is 1. The number of sulfonamides is 1. The highest BCUT2D eigenvalue weighted by Crippen LogP contribution is 2.27. The predicted molar refractivity (Wildman–Crippen MR) is 114 cm³/mol. The molecular formula is C20H27N3O4S2. The molecule has 3 rings (SSSR count). The van der Waals surface area contributed by atoms with Gasteiger partial charge in [-0.25, -0.2) is 13.4 Å². The molecular weight excluding hydrogens is 410 g/mol. The van der Waals surface area contributed by atoms with Gasteiger partial charge in [-0.2, -0.15) is 4.31 Å². The molecule has 1 aliphatic rings. The monoisotopic (exact) mass is 437 g/mol. The number of hydrogen-bond acceptors (Lipinski definition) is 6. The Morgan fingerprint density at radius 2 is 1.97 bits per heavy atom. The summed E-state index contributed by atoms with van der Waals surface area (Å²) in [5, 5.41) is 4.99. The van der Waals surface area contributed by atoms with Gasteiger partial charge < -0.3 is 10.1 Å². The quantitative estimate of drug-likeness (QED) is 0.719. The Balaban J connectivity index is 1.88. The lowest BCUT2D eigenvalue weighted by molar-refractivity contribution is -0.116. The number of nitrogens with one attached hydrogen (secondary N) is 1. The summed E-state index contributed by atoms with van der Waals surface area (Å²) in [4.78, 5) is 17.1. The van der Waals surface area contributed by atoms with Gasteiger partial charge in [-0.3, -0.25) is 4.79 Å². The Morgan fingerprint density at radius 1 is 1.28 bits per heavy atom. The fraction of sp³-hybridized carbons (Fsp3) is 0.500. The van der Waals surface area contributed by atoms with Gasteiger partial charge >= 0.3 is 0 Å². The third kappa shape index (κ3) is 5.22. The summed E-state index contributed by atoms with van der Waals surface area (Å²) in [5.74, 6) is -0.414. The highest BCUT2D eigenvalue weighted by Gasteiger charge is 2.33. The minimum Gasteiger partial charge on any atom is -0.377 e. The van der Waals surface area contributed by atoms with E-state index < -0.39 is 15.9 Å². The molecule has 0 bridgehead atoms. The number of ether oxygens (including phenoxy) is 1. The first-order valence-corrected chi connectivity index (χ1v) is 11.9. The average Bonchev–Trinajstić information content (AvgIpc) is 3.24. The molecule has 1 unspecified atom stereocenters. The summed E-state index contributed by atoms with van der Waals surface area (Å²) in [5.41, 5.74) is 3.16. The molecule has 1 amide bonds. The maximum absolute atomic E-state index is 13.5. The zero-order valence-corrected chi connectivity index (χ0v) is 18.8. The summed E-state index contributed by atoms with van der Waals surface area (Å²) in [6.45, 7) is 7.83. The van der Waals surface area contributed by atoms with Gasteiger partial charge in [0, 0.05) is 18.5 Å². The number of carbonyl (C=O) groups excluding carboxylic acids is 1. The number of benzene rings is 1. The standard InChI is InChI=1S/C20H27N3O4S2/c1-13-8-14(2)19(15(3)9-13)29(25,26)23(10-17-6-5-7-27-17)11-18(24)22-20-21-16(4)12-28-20/h8-9,12,17H,5-7,10-11H2,1-4H3,(H,21,22,24). The lowest BCUT2D eigenvalue weighted by Gasteiger charge is -2.26. The van der Waals surface area contributed by atoms with Crippen molar-refractivity contribution in [2.45, 2.75) is 51.5 Å². The lowest BCUT2D eigenvalue weighted by atomic mass is 10.1. The minimum atomic E-state index is -3.87. The number of thiazole rings is 1. The van der Waals surface area contributed by atoms with Crippen LogP contribution in [0.5, 0.6) is 0 Å². The third-order valence-electron chi connectivity index (χ3n) is 4.82. The number of aromatic nitrogens is 1. The molecule has 7 nitrogen and oxygen atoms in total. The van der Waals surface area contributed by atoms with Crippen molar-refractivity contribution in [3.05, 3.63) is 39.9 Å². The first kappa shape index (κ1) is 21.9. The summed E-state index contributed by atoms with van der Waals surface area (Å²) in [7, 11) is -3.87. The van der Waals surface area contributed by atoms with Crippen LogP contribution in [-0.4, -0.2) is 49.4 Å². The zero-order chi connectivity index (χ0) is 21.2. The second-order valence-corrected chi connectivity index (χ2v) is 10.2. The molecule has 1 aliphatic heterocycles. The Morgan fingerprint density at radius 3 is 2.52 bits per heavy atom. The molecule has 0 spiro atoms. The number of aryl methyl sites for hydroxylation is 4. The van der Waals surface area contributed by atoms with Crippen LogP contribution in [0.3, 0.4) is 0 Å². The van der Waals surface area contributed by atoms with Crippen molar-refractivity contribution in [2.75, 3.05) is 25.0 Å². The van der Waals surface area contributed by atoms with Gasteiger partial charge in [0.25, 0.3) is 0 Å². The van der Waals surface area contributed by atoms with Crippen LogP contribution < -0.4 is 5.32 Å². The number of amides is 1. The largest absolute Gasteiger partial charge is 0.377 e. The summed E-state index contributed by atoms with van der Waals surface area (Å²) in [6, 6.07) is 3.70. The molecule has 1 aromatic heterocycles. The first-order valence-electron chi connectivity index (χ1n) is 9.58. The second kappa shape index (κ2) is 8.91. The fourth-order valence-corrected chi connectivity index (χ4v) is 6.24. The molecule has 1 atom stereocenters. The van der Waals surface area contributed by atoms with Crippen molar-refractivity contribution in [3.8, 4) is 0 Å². The molecule has 2 heterocycles. The van der Waals surface area contributed by atoms with E-state index in [-0.39, 0.29) is 24.1 Å². The van der Waals surface area contributed by atoms with Gasteiger partial charge in [-0.15, -0.1) is 11.3 Å². The molecule has 9 heteroatoms. The van der Waals surface area contributed by atoms with E-state index in [1.54, 1.807) is 13.8 Å². The molecule has 29 heavy (non-hydrogen) atoms. The number of rotatable bonds is 7. The van der Waals surface area contributed by atoms with E-state index in [4.69, 9.17) is 4.74 Å². The number of anilines is 1. The highest BCUT2D eigenvalue weighted by atomic mass is 32.2. The highest BCUT2D eigenvalue weighted by molar-refractivity contribution is 7.89. The van der Waals surface area contributed by atoms with Crippen molar-refractivity contribution < 1.29 is 17.9 Å². The molecule has 158 valence electrons. The van der Waals surface area contributed by atoms with Crippen LogP contribution in [0, 0.1) is 27.7 Å². The average molecular weight is 438 g/mol. The van der Waals surface area contributed by atoms with Crippen LogP contribution in [0.2, 0.25) is 0 Å². The lowest BCUT2D eigenvalue weighted by Crippen LogP contribution is -2.42.